The van der Waals surface area contributed by atoms with Crippen molar-refractivity contribution in [2.75, 3.05) is 13.1 Å². The van der Waals surface area contributed by atoms with E-state index in [4.69, 9.17) is 4.74 Å². The molecule has 1 saturated heterocycles. The Labute approximate surface area is 93.0 Å². The Morgan fingerprint density at radius 3 is 3.00 bits per heavy atom. The predicted octanol–water partition coefficient (Wildman–Crippen LogP) is 0.993. The van der Waals surface area contributed by atoms with Gasteiger partial charge in [0.05, 0.1) is 12.2 Å². The summed E-state index contributed by atoms with van der Waals surface area (Å²) in [6.45, 7) is 0.769. The number of aromatic nitrogens is 1. The molecule has 5 nitrogen and oxygen atoms in total. The van der Waals surface area contributed by atoms with Crippen molar-refractivity contribution in [1.29, 1.82) is 0 Å². The molecule has 5 heteroatoms. The molecule has 0 spiro atoms. The van der Waals surface area contributed by atoms with Gasteiger partial charge in [-0.25, -0.2) is 4.79 Å². The van der Waals surface area contributed by atoms with Crippen LogP contribution < -0.4 is 0 Å². The Morgan fingerprint density at radius 2 is 2.38 bits per heavy atom. The van der Waals surface area contributed by atoms with Crippen LogP contribution in [0.1, 0.15) is 12.1 Å². The minimum atomic E-state index is -0.448. The third kappa shape index (κ3) is 2.56. The molecule has 2 heterocycles. The van der Waals surface area contributed by atoms with Gasteiger partial charge in [-0.05, 0) is 12.1 Å². The Kier molecular flexibility index (Phi) is 3.14. The number of nitrogens with zero attached hydrogens (tertiary/aromatic N) is 2. The highest BCUT2D eigenvalue weighted by atomic mass is 16.6. The fourth-order valence-electron chi connectivity index (χ4n) is 1.50. The molecule has 84 valence electrons. The summed E-state index contributed by atoms with van der Waals surface area (Å²) in [5.41, 5.74) is 0.696. The van der Waals surface area contributed by atoms with Crippen LogP contribution in [0.25, 0.3) is 0 Å². The molecule has 0 radical (unpaired) electrons. The van der Waals surface area contributed by atoms with E-state index >= 15 is 0 Å². The van der Waals surface area contributed by atoms with Gasteiger partial charge in [-0.1, -0.05) is 6.07 Å². The van der Waals surface area contributed by atoms with E-state index in [0.29, 0.717) is 18.7 Å². The Hall–Kier alpha value is -1.91. The van der Waals surface area contributed by atoms with E-state index in [1.165, 1.54) is 4.90 Å². The topological polar surface area (TPSA) is 59.5 Å². The molecule has 1 aliphatic rings. The molecule has 0 unspecified atom stereocenters. The average molecular weight is 220 g/mol. The highest BCUT2D eigenvalue weighted by molar-refractivity contribution is 5.87. The molecule has 2 rings (SSSR count). The minimum absolute atomic E-state index is 0.0785. The second-order valence-electron chi connectivity index (χ2n) is 3.59. The molecule has 0 bridgehead atoms. The average Bonchev–Trinajstić information content (AvgIpc) is 2.74. The van der Waals surface area contributed by atoms with Crippen molar-refractivity contribution in [2.45, 2.75) is 13.0 Å². The van der Waals surface area contributed by atoms with Gasteiger partial charge in [-0.2, -0.15) is 0 Å². The van der Waals surface area contributed by atoms with Crippen LogP contribution in [0, 0.1) is 0 Å². The maximum Gasteiger partial charge on any atom is 0.410 e. The van der Waals surface area contributed by atoms with E-state index in [-0.39, 0.29) is 18.9 Å². The molecular weight excluding hydrogens is 208 g/mol. The highest BCUT2D eigenvalue weighted by Gasteiger charge is 2.24. The summed E-state index contributed by atoms with van der Waals surface area (Å²) in [4.78, 5) is 27.9. The maximum absolute atomic E-state index is 11.5. The van der Waals surface area contributed by atoms with E-state index in [1.807, 2.05) is 6.07 Å². The number of ketones is 1. The molecule has 0 atom stereocenters. The van der Waals surface area contributed by atoms with Crippen molar-refractivity contribution in [1.82, 2.24) is 9.88 Å². The molecule has 16 heavy (non-hydrogen) atoms. The summed E-state index contributed by atoms with van der Waals surface area (Å²) in [6.07, 6.45) is 1.62. The van der Waals surface area contributed by atoms with E-state index in [1.54, 1.807) is 18.3 Å². The van der Waals surface area contributed by atoms with Gasteiger partial charge < -0.3 is 9.64 Å². The van der Waals surface area contributed by atoms with Gasteiger partial charge in [-0.15, -0.1) is 0 Å². The van der Waals surface area contributed by atoms with Crippen molar-refractivity contribution in [3.05, 3.63) is 30.1 Å². The number of Topliss-reactive ketones (excluding diaryl/α,β-unsaturated/α-hetero) is 1. The van der Waals surface area contributed by atoms with Gasteiger partial charge in [-0.3, -0.25) is 9.78 Å². The number of carbonyl (C=O) groups is 2. The zero-order chi connectivity index (χ0) is 11.4. The van der Waals surface area contributed by atoms with Crippen molar-refractivity contribution in [2.24, 2.45) is 0 Å². The van der Waals surface area contributed by atoms with Gasteiger partial charge in [0.1, 0.15) is 6.61 Å². The van der Waals surface area contributed by atoms with E-state index in [2.05, 4.69) is 4.98 Å². The monoisotopic (exact) mass is 220 g/mol. The highest BCUT2D eigenvalue weighted by Crippen LogP contribution is 2.07. The second-order valence-corrected chi connectivity index (χ2v) is 3.59. The number of pyridine rings is 1. The molecule has 1 aliphatic heterocycles. The summed E-state index contributed by atoms with van der Waals surface area (Å²) in [6, 6.07) is 5.41. The summed E-state index contributed by atoms with van der Waals surface area (Å²) in [5, 5.41) is 0. The number of hydrogen-bond donors (Lipinski definition) is 0. The molecule has 0 aliphatic carbocycles. The van der Waals surface area contributed by atoms with Crippen molar-refractivity contribution in [3.63, 3.8) is 0 Å². The zero-order valence-electron chi connectivity index (χ0n) is 8.76. The lowest BCUT2D eigenvalue weighted by atomic mass is 10.4. The first kappa shape index (κ1) is 10.6. The SMILES string of the molecule is O=C1CCN(C(=O)OCc2ccccn2)C1. The quantitative estimate of drug-likeness (QED) is 0.745. The Balaban J connectivity index is 1.82. The van der Waals surface area contributed by atoms with Crippen LogP contribution in [0.2, 0.25) is 0 Å². The molecule has 0 saturated carbocycles. The number of ether oxygens (including phenoxy) is 1. The van der Waals surface area contributed by atoms with Crippen LogP contribution in [-0.2, 0) is 16.1 Å². The second kappa shape index (κ2) is 4.74. The third-order valence-electron chi connectivity index (χ3n) is 2.36. The summed E-state index contributed by atoms with van der Waals surface area (Å²) in [5.74, 6) is 0.0785. The van der Waals surface area contributed by atoms with Crippen LogP contribution in [-0.4, -0.2) is 34.8 Å². The number of rotatable bonds is 2. The Bertz CT molecular complexity index is 391. The molecule has 1 fully saturated rings. The van der Waals surface area contributed by atoms with Gasteiger partial charge >= 0.3 is 6.09 Å². The minimum Gasteiger partial charge on any atom is -0.443 e. The standard InChI is InChI=1S/C11H12N2O3/c14-10-4-6-13(7-10)11(15)16-8-9-3-1-2-5-12-9/h1-3,5H,4,6-8H2. The van der Waals surface area contributed by atoms with Crippen LogP contribution in [0.3, 0.4) is 0 Å². The fourth-order valence-corrected chi connectivity index (χ4v) is 1.50. The van der Waals surface area contributed by atoms with Crippen LogP contribution >= 0.6 is 0 Å². The first-order valence-corrected chi connectivity index (χ1v) is 5.09. The summed E-state index contributed by atoms with van der Waals surface area (Å²) in [7, 11) is 0. The lowest BCUT2D eigenvalue weighted by Crippen LogP contribution is -2.29. The molecule has 0 aromatic carbocycles. The Morgan fingerprint density at radius 1 is 1.50 bits per heavy atom. The van der Waals surface area contributed by atoms with Gasteiger partial charge in [0.15, 0.2) is 5.78 Å². The molecule has 1 aromatic heterocycles. The van der Waals surface area contributed by atoms with E-state index in [9.17, 15) is 9.59 Å². The fraction of sp³-hybridized carbons (Fsp3) is 0.364. The molecule has 1 amide bonds. The van der Waals surface area contributed by atoms with Gasteiger partial charge in [0.25, 0.3) is 0 Å². The zero-order valence-corrected chi connectivity index (χ0v) is 8.76. The van der Waals surface area contributed by atoms with E-state index in [0.717, 1.165) is 0 Å². The number of likely N-dealkylation sites (tertiary alicyclic amines) is 1. The first-order chi connectivity index (χ1) is 7.75. The van der Waals surface area contributed by atoms with Crippen LogP contribution in [0.4, 0.5) is 4.79 Å². The summed E-state index contributed by atoms with van der Waals surface area (Å²) < 4.78 is 5.03. The normalized spacial score (nSPS) is 15.2. The van der Waals surface area contributed by atoms with Crippen molar-refractivity contribution in [3.8, 4) is 0 Å². The van der Waals surface area contributed by atoms with E-state index < -0.39 is 6.09 Å². The number of amides is 1. The lowest BCUT2D eigenvalue weighted by Gasteiger charge is -2.13. The third-order valence-corrected chi connectivity index (χ3v) is 2.36. The lowest BCUT2D eigenvalue weighted by molar-refractivity contribution is -0.116. The van der Waals surface area contributed by atoms with Crippen molar-refractivity contribution < 1.29 is 14.3 Å². The summed E-state index contributed by atoms with van der Waals surface area (Å²) >= 11 is 0. The number of hydrogen-bond acceptors (Lipinski definition) is 4. The molecule has 0 N–H and O–H groups in total. The predicted molar refractivity (Wildman–Crippen MR) is 55.6 cm³/mol. The van der Waals surface area contributed by atoms with Gasteiger partial charge in [0.2, 0.25) is 0 Å². The van der Waals surface area contributed by atoms with Gasteiger partial charge in [0, 0.05) is 19.2 Å². The van der Waals surface area contributed by atoms with Crippen molar-refractivity contribution >= 4 is 11.9 Å². The smallest absolute Gasteiger partial charge is 0.410 e. The largest absolute Gasteiger partial charge is 0.443 e. The number of carbonyl (C=O) groups excluding carboxylic acids is 2. The molecule has 1 aromatic rings. The molecular formula is C11H12N2O3. The van der Waals surface area contributed by atoms with Crippen LogP contribution in [0.5, 0.6) is 0 Å². The van der Waals surface area contributed by atoms with Crippen LogP contribution in [0.15, 0.2) is 24.4 Å². The first-order valence-electron chi connectivity index (χ1n) is 5.09. The maximum atomic E-state index is 11.5.